The van der Waals surface area contributed by atoms with Crippen LogP contribution in [0.3, 0.4) is 0 Å². The SMILES string of the molecule is Cc1ccc(F)cc1SNC(=O)Cl. The molecule has 13 heavy (non-hydrogen) atoms. The summed E-state index contributed by atoms with van der Waals surface area (Å²) in [5.74, 6) is -0.336. The molecule has 0 aromatic heterocycles. The van der Waals surface area contributed by atoms with Gasteiger partial charge in [0.15, 0.2) is 0 Å². The zero-order valence-electron chi connectivity index (χ0n) is 6.80. The highest BCUT2D eigenvalue weighted by atomic mass is 35.5. The molecule has 0 saturated carbocycles. The molecule has 1 amide bonds. The molecule has 0 saturated heterocycles. The third-order valence-electron chi connectivity index (χ3n) is 1.39. The zero-order valence-corrected chi connectivity index (χ0v) is 8.38. The van der Waals surface area contributed by atoms with Crippen LogP contribution in [0.5, 0.6) is 0 Å². The third-order valence-corrected chi connectivity index (χ3v) is 2.55. The Bertz CT molecular complexity index is 332. The molecule has 0 unspecified atom stereocenters. The standard InChI is InChI=1S/C8H7ClFNOS/c1-5-2-3-6(10)4-7(5)13-11-8(9)12/h2-4H,1H3,(H,11,12). The average Bonchev–Trinajstić information content (AvgIpc) is 2.06. The number of aryl methyl sites for hydroxylation is 1. The van der Waals surface area contributed by atoms with E-state index in [0.717, 1.165) is 17.5 Å². The number of benzene rings is 1. The summed E-state index contributed by atoms with van der Waals surface area (Å²) in [6.45, 7) is 1.82. The van der Waals surface area contributed by atoms with E-state index in [1.807, 2.05) is 6.92 Å². The minimum atomic E-state index is -0.673. The molecular formula is C8H7ClFNOS. The molecule has 0 radical (unpaired) electrons. The van der Waals surface area contributed by atoms with Crippen molar-refractivity contribution in [1.82, 2.24) is 4.72 Å². The van der Waals surface area contributed by atoms with Crippen LogP contribution in [0.15, 0.2) is 23.1 Å². The van der Waals surface area contributed by atoms with E-state index >= 15 is 0 Å². The van der Waals surface area contributed by atoms with Crippen LogP contribution in [0.25, 0.3) is 0 Å². The van der Waals surface area contributed by atoms with Gasteiger partial charge < -0.3 is 0 Å². The Morgan fingerprint density at radius 2 is 2.31 bits per heavy atom. The smallest absolute Gasteiger partial charge is 0.282 e. The maximum atomic E-state index is 12.7. The summed E-state index contributed by atoms with van der Waals surface area (Å²) in [7, 11) is 0. The molecule has 0 aliphatic heterocycles. The predicted molar refractivity (Wildman–Crippen MR) is 51.4 cm³/mol. The van der Waals surface area contributed by atoms with Crippen molar-refractivity contribution in [2.24, 2.45) is 0 Å². The van der Waals surface area contributed by atoms with Crippen molar-refractivity contribution in [3.8, 4) is 0 Å². The van der Waals surface area contributed by atoms with Gasteiger partial charge in [-0.25, -0.2) is 4.39 Å². The minimum Gasteiger partial charge on any atom is -0.282 e. The van der Waals surface area contributed by atoms with Gasteiger partial charge in [0.2, 0.25) is 0 Å². The van der Waals surface area contributed by atoms with Crippen LogP contribution in [-0.4, -0.2) is 5.37 Å². The predicted octanol–water partition coefficient (Wildman–Crippen LogP) is 3.09. The van der Waals surface area contributed by atoms with Crippen molar-refractivity contribution >= 4 is 28.9 Å². The number of nitrogens with one attached hydrogen (secondary N) is 1. The fourth-order valence-electron chi connectivity index (χ4n) is 0.779. The number of carbonyl (C=O) groups excluding carboxylic acids is 1. The fraction of sp³-hybridized carbons (Fsp3) is 0.125. The van der Waals surface area contributed by atoms with Crippen molar-refractivity contribution < 1.29 is 9.18 Å². The summed E-state index contributed by atoms with van der Waals surface area (Å²) in [6.07, 6.45) is 0. The molecule has 0 bridgehead atoms. The normalized spacial score (nSPS) is 9.77. The molecule has 1 rings (SSSR count). The van der Waals surface area contributed by atoms with E-state index in [-0.39, 0.29) is 5.82 Å². The number of hydrogen-bond donors (Lipinski definition) is 1. The maximum absolute atomic E-state index is 12.7. The minimum absolute atomic E-state index is 0.336. The second kappa shape index (κ2) is 4.48. The lowest BCUT2D eigenvalue weighted by Crippen LogP contribution is -2.05. The van der Waals surface area contributed by atoms with Gasteiger partial charge in [-0.05, 0) is 48.2 Å². The van der Waals surface area contributed by atoms with Crippen molar-refractivity contribution in [1.29, 1.82) is 0 Å². The first-order valence-corrected chi connectivity index (χ1v) is 4.67. The van der Waals surface area contributed by atoms with Crippen LogP contribution >= 0.6 is 23.5 Å². The summed E-state index contributed by atoms with van der Waals surface area (Å²) >= 11 is 6.05. The van der Waals surface area contributed by atoms with E-state index in [4.69, 9.17) is 11.6 Å². The Morgan fingerprint density at radius 1 is 1.62 bits per heavy atom. The molecule has 0 atom stereocenters. The number of halogens is 2. The molecule has 0 spiro atoms. The largest absolute Gasteiger partial charge is 0.323 e. The zero-order chi connectivity index (χ0) is 9.84. The Labute approximate surface area is 84.6 Å². The van der Waals surface area contributed by atoms with Crippen LogP contribution < -0.4 is 4.72 Å². The van der Waals surface area contributed by atoms with Gasteiger partial charge in [0, 0.05) is 4.90 Å². The highest BCUT2D eigenvalue weighted by Gasteiger charge is 2.02. The lowest BCUT2D eigenvalue weighted by molar-refractivity contribution is 0.264. The van der Waals surface area contributed by atoms with E-state index in [2.05, 4.69) is 4.72 Å². The van der Waals surface area contributed by atoms with Crippen LogP contribution in [0, 0.1) is 12.7 Å². The molecular weight excluding hydrogens is 213 g/mol. The Kier molecular flexibility index (Phi) is 3.57. The first-order valence-electron chi connectivity index (χ1n) is 3.48. The van der Waals surface area contributed by atoms with Gasteiger partial charge in [-0.3, -0.25) is 9.52 Å². The number of hydrogen-bond acceptors (Lipinski definition) is 2. The van der Waals surface area contributed by atoms with E-state index in [0.29, 0.717) is 4.90 Å². The summed E-state index contributed by atoms with van der Waals surface area (Å²) in [4.78, 5) is 11.0. The van der Waals surface area contributed by atoms with Crippen LogP contribution in [-0.2, 0) is 0 Å². The average molecular weight is 220 g/mol. The second-order valence-corrected chi connectivity index (χ2v) is 3.58. The van der Waals surface area contributed by atoms with Gasteiger partial charge >= 0.3 is 5.37 Å². The monoisotopic (exact) mass is 219 g/mol. The quantitative estimate of drug-likeness (QED) is 0.471. The van der Waals surface area contributed by atoms with Crippen molar-refractivity contribution in [3.05, 3.63) is 29.6 Å². The number of rotatable bonds is 2. The third kappa shape index (κ3) is 3.24. The first kappa shape index (κ1) is 10.3. The number of carbonyl (C=O) groups is 1. The van der Waals surface area contributed by atoms with E-state index < -0.39 is 5.37 Å². The molecule has 0 fully saturated rings. The van der Waals surface area contributed by atoms with Crippen LogP contribution in [0.1, 0.15) is 5.56 Å². The lowest BCUT2D eigenvalue weighted by Gasteiger charge is -2.03. The maximum Gasteiger partial charge on any atom is 0.323 e. The highest BCUT2D eigenvalue weighted by molar-refractivity contribution is 7.98. The summed E-state index contributed by atoms with van der Waals surface area (Å²) < 4.78 is 15.0. The number of amides is 1. The van der Waals surface area contributed by atoms with E-state index in [9.17, 15) is 9.18 Å². The van der Waals surface area contributed by atoms with Gasteiger partial charge in [0.05, 0.1) is 0 Å². The highest BCUT2D eigenvalue weighted by Crippen LogP contribution is 2.20. The van der Waals surface area contributed by atoms with Gasteiger partial charge in [-0.15, -0.1) is 0 Å². The molecule has 1 aromatic rings. The van der Waals surface area contributed by atoms with Gasteiger partial charge in [-0.1, -0.05) is 6.07 Å². The first-order chi connectivity index (χ1) is 6.09. The van der Waals surface area contributed by atoms with E-state index in [1.54, 1.807) is 6.07 Å². The molecule has 2 nitrogen and oxygen atoms in total. The molecule has 1 aromatic carbocycles. The topological polar surface area (TPSA) is 29.1 Å². The van der Waals surface area contributed by atoms with Gasteiger partial charge in [0.25, 0.3) is 0 Å². The summed E-state index contributed by atoms with van der Waals surface area (Å²) in [6, 6.07) is 4.34. The van der Waals surface area contributed by atoms with Crippen molar-refractivity contribution in [2.75, 3.05) is 0 Å². The molecule has 1 N–H and O–H groups in total. The Balaban J connectivity index is 2.75. The van der Waals surface area contributed by atoms with Crippen LogP contribution in [0.2, 0.25) is 0 Å². The Hall–Kier alpha value is -0.740. The van der Waals surface area contributed by atoms with E-state index in [1.165, 1.54) is 12.1 Å². The van der Waals surface area contributed by atoms with Crippen LogP contribution in [0.4, 0.5) is 9.18 Å². The molecule has 70 valence electrons. The Morgan fingerprint density at radius 3 is 2.92 bits per heavy atom. The van der Waals surface area contributed by atoms with Crippen molar-refractivity contribution in [2.45, 2.75) is 11.8 Å². The summed E-state index contributed by atoms with van der Waals surface area (Å²) in [5.41, 5.74) is 0.886. The molecule has 0 aliphatic rings. The molecule has 5 heteroatoms. The lowest BCUT2D eigenvalue weighted by atomic mass is 10.2. The molecule has 0 heterocycles. The summed E-state index contributed by atoms with van der Waals surface area (Å²) in [5, 5.41) is -0.673. The second-order valence-electron chi connectivity index (χ2n) is 2.39. The molecule has 0 aliphatic carbocycles. The van der Waals surface area contributed by atoms with Crippen molar-refractivity contribution in [3.63, 3.8) is 0 Å². The van der Waals surface area contributed by atoms with Gasteiger partial charge in [0.1, 0.15) is 5.82 Å². The van der Waals surface area contributed by atoms with Gasteiger partial charge in [-0.2, -0.15) is 0 Å². The fourth-order valence-corrected chi connectivity index (χ4v) is 1.49.